The first-order valence-electron chi connectivity index (χ1n) is 14.2. The van der Waals surface area contributed by atoms with Gasteiger partial charge in [0.25, 0.3) is 5.56 Å². The van der Waals surface area contributed by atoms with E-state index in [1.807, 2.05) is 49.4 Å². The lowest BCUT2D eigenvalue weighted by atomic mass is 9.96. The molecule has 0 N–H and O–H groups in total. The van der Waals surface area contributed by atoms with Crippen LogP contribution in [0.4, 0.5) is 0 Å². The van der Waals surface area contributed by atoms with Crippen LogP contribution >= 0.6 is 27.3 Å². The molecule has 0 unspecified atom stereocenters. The van der Waals surface area contributed by atoms with Crippen molar-refractivity contribution in [1.82, 2.24) is 4.57 Å². The number of ether oxygens (including phenoxy) is 4. The van der Waals surface area contributed by atoms with Gasteiger partial charge in [-0.2, -0.15) is 5.26 Å². The van der Waals surface area contributed by atoms with Crippen molar-refractivity contribution in [2.45, 2.75) is 33.4 Å². The molecule has 0 bridgehead atoms. The Labute approximate surface area is 272 Å². The molecule has 2 heterocycles. The number of fused-ring (bicyclic) bond motifs is 1. The lowest BCUT2D eigenvalue weighted by molar-refractivity contribution is -0.139. The maximum atomic E-state index is 14.2. The van der Waals surface area contributed by atoms with Gasteiger partial charge in [-0.25, -0.2) is 9.79 Å². The summed E-state index contributed by atoms with van der Waals surface area (Å²) in [5, 5.41) is 9.53. The third-order valence-electron chi connectivity index (χ3n) is 7.09. The number of nitrogens with zero attached hydrogens (tertiary/aromatic N) is 3. The van der Waals surface area contributed by atoms with Crippen molar-refractivity contribution in [2.75, 3.05) is 20.3 Å². The molecule has 0 saturated carbocycles. The number of hydrogen-bond donors (Lipinski definition) is 0. The molecule has 5 rings (SSSR count). The number of methoxy groups -OCH3 is 1. The zero-order chi connectivity index (χ0) is 32.1. The van der Waals surface area contributed by atoms with Gasteiger partial charge in [0, 0.05) is 15.6 Å². The van der Waals surface area contributed by atoms with Crippen LogP contribution in [0.5, 0.6) is 17.2 Å². The zero-order valence-electron chi connectivity index (χ0n) is 25.1. The monoisotopic (exact) mass is 687 g/mol. The Morgan fingerprint density at radius 1 is 1.11 bits per heavy atom. The molecule has 1 atom stereocenters. The molecule has 0 fully saturated rings. The van der Waals surface area contributed by atoms with Crippen molar-refractivity contribution in [1.29, 1.82) is 5.26 Å². The van der Waals surface area contributed by atoms with Gasteiger partial charge in [0.2, 0.25) is 0 Å². The summed E-state index contributed by atoms with van der Waals surface area (Å²) in [6.45, 7) is 6.19. The molecule has 0 spiro atoms. The fourth-order valence-corrected chi connectivity index (χ4v) is 6.56. The maximum absolute atomic E-state index is 14.2. The maximum Gasteiger partial charge on any atom is 0.338 e. The van der Waals surface area contributed by atoms with Crippen LogP contribution in [-0.2, 0) is 16.1 Å². The molecule has 11 heteroatoms. The second-order valence-electron chi connectivity index (χ2n) is 9.89. The number of allylic oxidation sites excluding steroid dienone is 1. The van der Waals surface area contributed by atoms with Crippen LogP contribution in [0.15, 0.2) is 86.2 Å². The fourth-order valence-electron chi connectivity index (χ4n) is 5.07. The summed E-state index contributed by atoms with van der Waals surface area (Å²) < 4.78 is 25.5. The number of halogens is 1. The average Bonchev–Trinajstić information content (AvgIpc) is 3.34. The van der Waals surface area contributed by atoms with Gasteiger partial charge in [-0.05, 0) is 62.7 Å². The number of carbonyl (C=O) groups excluding carboxylic acids is 1. The molecule has 1 aliphatic heterocycles. The van der Waals surface area contributed by atoms with Crippen molar-refractivity contribution < 1.29 is 23.7 Å². The Balaban J connectivity index is 1.65. The highest BCUT2D eigenvalue weighted by molar-refractivity contribution is 9.10. The highest BCUT2D eigenvalue weighted by atomic mass is 79.9. The van der Waals surface area contributed by atoms with E-state index in [4.69, 9.17) is 18.9 Å². The zero-order valence-corrected chi connectivity index (χ0v) is 27.5. The van der Waals surface area contributed by atoms with Crippen LogP contribution in [0.1, 0.15) is 49.1 Å². The highest BCUT2D eigenvalue weighted by Crippen LogP contribution is 2.36. The second-order valence-corrected chi connectivity index (χ2v) is 11.8. The quantitative estimate of drug-likeness (QED) is 0.205. The van der Waals surface area contributed by atoms with Gasteiger partial charge in [-0.3, -0.25) is 9.36 Å². The first-order valence-corrected chi connectivity index (χ1v) is 15.8. The molecule has 4 aromatic rings. The number of thiazole rings is 1. The van der Waals surface area contributed by atoms with E-state index in [9.17, 15) is 14.9 Å². The van der Waals surface area contributed by atoms with Crippen LogP contribution in [-0.4, -0.2) is 30.9 Å². The van der Waals surface area contributed by atoms with Crippen molar-refractivity contribution >= 4 is 39.3 Å². The number of benzene rings is 3. The molecule has 0 saturated heterocycles. The van der Waals surface area contributed by atoms with Crippen molar-refractivity contribution in [3.05, 3.63) is 118 Å². The Morgan fingerprint density at radius 2 is 1.87 bits per heavy atom. The Kier molecular flexibility index (Phi) is 9.86. The lowest BCUT2D eigenvalue weighted by Crippen LogP contribution is -2.39. The number of hydrogen-bond acceptors (Lipinski definition) is 9. The normalized spacial score (nSPS) is 14.3. The van der Waals surface area contributed by atoms with Crippen LogP contribution < -0.4 is 29.1 Å². The van der Waals surface area contributed by atoms with Gasteiger partial charge < -0.3 is 18.9 Å². The minimum Gasteiger partial charge on any atom is -0.494 e. The number of aromatic nitrogens is 1. The predicted molar refractivity (Wildman–Crippen MR) is 174 cm³/mol. The van der Waals surface area contributed by atoms with Crippen molar-refractivity contribution in [3.8, 4) is 23.3 Å². The SMILES string of the molecule is CCOC(=O)C1=C(C)N=c2s/c(=C\c3cc(Br)cc(OC)c3OCc3ccccc3C#N)c(=O)n2[C@H]1c1ccc(OCC)cc1. The molecular formula is C34H30BrN3O6S. The van der Waals surface area contributed by atoms with Crippen LogP contribution in [0.2, 0.25) is 0 Å². The standard InChI is InChI=1S/C34H30BrN3O6S/c1-5-42-26-13-11-21(12-14-26)30-29(33(40)43-6-2)20(3)37-34-38(30)32(39)28(45-34)16-24-15-25(35)17-27(41-4)31(24)44-19-23-10-8-7-9-22(23)18-36/h7-17,30H,5-6,19H2,1-4H3/b28-16-/t30-/m0/s1. The molecule has 230 valence electrons. The summed E-state index contributed by atoms with van der Waals surface area (Å²) in [5.41, 5.74) is 2.96. The molecule has 45 heavy (non-hydrogen) atoms. The van der Waals surface area contributed by atoms with Gasteiger partial charge in [-0.15, -0.1) is 0 Å². The van der Waals surface area contributed by atoms with Gasteiger partial charge in [0.1, 0.15) is 12.4 Å². The summed E-state index contributed by atoms with van der Waals surface area (Å²) in [6, 6.07) is 19.5. The van der Waals surface area contributed by atoms with E-state index in [1.165, 1.54) is 23.0 Å². The third-order valence-corrected chi connectivity index (χ3v) is 8.53. The average molecular weight is 689 g/mol. The second kappa shape index (κ2) is 14.0. The molecule has 0 aliphatic carbocycles. The summed E-state index contributed by atoms with van der Waals surface area (Å²) in [4.78, 5) is 32.5. The van der Waals surface area contributed by atoms with Crippen molar-refractivity contribution in [2.24, 2.45) is 4.99 Å². The van der Waals surface area contributed by atoms with Gasteiger partial charge in [-0.1, -0.05) is 57.6 Å². The molecule has 1 aliphatic rings. The molecule has 0 radical (unpaired) electrons. The summed E-state index contributed by atoms with van der Waals surface area (Å²) in [6.07, 6.45) is 1.72. The molecule has 0 amide bonds. The minimum absolute atomic E-state index is 0.115. The largest absolute Gasteiger partial charge is 0.494 e. The highest BCUT2D eigenvalue weighted by Gasteiger charge is 2.33. The predicted octanol–water partition coefficient (Wildman–Crippen LogP) is 5.42. The van der Waals surface area contributed by atoms with E-state index in [1.54, 1.807) is 38.1 Å². The third kappa shape index (κ3) is 6.57. The Hall–Kier alpha value is -4.66. The summed E-state index contributed by atoms with van der Waals surface area (Å²) >= 11 is 4.74. The smallest absolute Gasteiger partial charge is 0.338 e. The lowest BCUT2D eigenvalue weighted by Gasteiger charge is -2.24. The fraction of sp³-hybridized carbons (Fsp3) is 0.235. The topological polar surface area (TPSA) is 112 Å². The Morgan fingerprint density at radius 3 is 2.56 bits per heavy atom. The van der Waals surface area contributed by atoms with Crippen LogP contribution in [0, 0.1) is 11.3 Å². The Bertz CT molecular complexity index is 2010. The first-order chi connectivity index (χ1) is 21.8. The number of rotatable bonds is 10. The first kappa shape index (κ1) is 31.8. The molecular weight excluding hydrogens is 658 g/mol. The van der Waals surface area contributed by atoms with Gasteiger partial charge in [0.15, 0.2) is 16.3 Å². The van der Waals surface area contributed by atoms with Crippen LogP contribution in [0.25, 0.3) is 6.08 Å². The molecule has 9 nitrogen and oxygen atoms in total. The summed E-state index contributed by atoms with van der Waals surface area (Å²) in [5.74, 6) is 1.01. The van der Waals surface area contributed by atoms with Gasteiger partial charge in [0.05, 0.1) is 53.8 Å². The van der Waals surface area contributed by atoms with E-state index in [2.05, 4.69) is 27.0 Å². The minimum atomic E-state index is -0.756. The van der Waals surface area contributed by atoms with Crippen molar-refractivity contribution in [3.63, 3.8) is 0 Å². The van der Waals surface area contributed by atoms with E-state index in [0.717, 1.165) is 4.47 Å². The van der Waals surface area contributed by atoms with E-state index < -0.39 is 12.0 Å². The molecule has 3 aromatic carbocycles. The van der Waals surface area contributed by atoms with E-state index in [-0.39, 0.29) is 18.8 Å². The van der Waals surface area contributed by atoms with Crippen LogP contribution in [0.3, 0.4) is 0 Å². The number of nitriles is 1. The number of esters is 1. The van der Waals surface area contributed by atoms with E-state index >= 15 is 0 Å². The summed E-state index contributed by atoms with van der Waals surface area (Å²) in [7, 11) is 1.53. The molecule has 1 aromatic heterocycles. The number of carbonyl (C=O) groups is 1. The van der Waals surface area contributed by atoms with E-state index in [0.29, 0.717) is 66.7 Å². The van der Waals surface area contributed by atoms with Gasteiger partial charge >= 0.3 is 5.97 Å².